The summed E-state index contributed by atoms with van der Waals surface area (Å²) in [6.07, 6.45) is 2.80. The second kappa shape index (κ2) is 5.05. The Morgan fingerprint density at radius 1 is 0.920 bits per heavy atom. The van der Waals surface area contributed by atoms with Crippen LogP contribution in [0.5, 0.6) is 0 Å². The van der Waals surface area contributed by atoms with Gasteiger partial charge in [0, 0.05) is 6.54 Å². The lowest BCUT2D eigenvalue weighted by atomic mass is 9.45. The first kappa shape index (κ1) is 16.5. The first-order chi connectivity index (χ1) is 11.7. The number of hydrogen-bond donors (Lipinski definition) is 0. The van der Waals surface area contributed by atoms with Crippen molar-refractivity contribution in [2.75, 3.05) is 6.54 Å². The highest BCUT2D eigenvalue weighted by Gasteiger charge is 2.55. The van der Waals surface area contributed by atoms with Crippen LogP contribution in [0.2, 0.25) is 0 Å². The van der Waals surface area contributed by atoms with E-state index in [9.17, 15) is 27.2 Å². The molecule has 3 atom stereocenters. The molecule has 134 valence electrons. The molecule has 0 aromatic heterocycles. The molecule has 1 aliphatic heterocycles. The zero-order valence-corrected chi connectivity index (χ0v) is 13.8. The average molecular weight is 355 g/mol. The molecule has 7 heteroatoms. The minimum absolute atomic E-state index is 0.0231. The van der Waals surface area contributed by atoms with Crippen molar-refractivity contribution in [1.29, 1.82) is 0 Å². The number of halogens is 4. The van der Waals surface area contributed by atoms with Gasteiger partial charge in [-0.15, -0.1) is 0 Å². The van der Waals surface area contributed by atoms with E-state index in [1.807, 2.05) is 0 Å². The molecule has 0 N–H and O–H groups in total. The van der Waals surface area contributed by atoms with Crippen molar-refractivity contribution in [3.8, 4) is 0 Å². The van der Waals surface area contributed by atoms with Crippen molar-refractivity contribution in [1.82, 2.24) is 4.90 Å². The molecular formula is C18H17F4NO2. The third-order valence-electron chi connectivity index (χ3n) is 6.60. The minimum atomic E-state index is -2.07. The van der Waals surface area contributed by atoms with Crippen LogP contribution in [0.4, 0.5) is 17.6 Å². The van der Waals surface area contributed by atoms with E-state index in [0.717, 1.165) is 24.2 Å². The fraction of sp³-hybridized carbons (Fsp3) is 0.556. The van der Waals surface area contributed by atoms with Crippen LogP contribution in [0, 0.1) is 46.4 Å². The maximum Gasteiger partial charge on any atom is 0.264 e. The van der Waals surface area contributed by atoms with Crippen molar-refractivity contribution in [3.63, 3.8) is 0 Å². The van der Waals surface area contributed by atoms with Gasteiger partial charge in [0.15, 0.2) is 23.3 Å². The quantitative estimate of drug-likeness (QED) is 0.349. The third kappa shape index (κ3) is 1.98. The average Bonchev–Trinajstić information content (AvgIpc) is 2.82. The summed E-state index contributed by atoms with van der Waals surface area (Å²) in [5.74, 6) is -8.95. The number of rotatable bonds is 2. The molecule has 0 spiro atoms. The summed E-state index contributed by atoms with van der Waals surface area (Å²) >= 11 is 0. The predicted octanol–water partition coefficient (Wildman–Crippen LogP) is 3.91. The van der Waals surface area contributed by atoms with Crippen LogP contribution in [0.1, 0.15) is 53.8 Å². The molecule has 25 heavy (non-hydrogen) atoms. The fourth-order valence-electron chi connectivity index (χ4n) is 4.98. The van der Waals surface area contributed by atoms with Crippen LogP contribution >= 0.6 is 0 Å². The van der Waals surface area contributed by atoms with Gasteiger partial charge in [-0.3, -0.25) is 14.5 Å². The van der Waals surface area contributed by atoms with Gasteiger partial charge in [0.05, 0.1) is 11.1 Å². The normalized spacial score (nSPS) is 29.7. The van der Waals surface area contributed by atoms with Gasteiger partial charge in [-0.2, -0.15) is 0 Å². The fourth-order valence-corrected chi connectivity index (χ4v) is 4.98. The zero-order chi connectivity index (χ0) is 18.3. The van der Waals surface area contributed by atoms with Crippen molar-refractivity contribution in [3.05, 3.63) is 34.4 Å². The molecule has 5 rings (SSSR count). The van der Waals surface area contributed by atoms with Gasteiger partial charge < -0.3 is 0 Å². The van der Waals surface area contributed by atoms with E-state index in [1.165, 1.54) is 0 Å². The predicted molar refractivity (Wildman–Crippen MR) is 79.7 cm³/mol. The highest BCUT2D eigenvalue weighted by atomic mass is 19.2. The zero-order valence-electron chi connectivity index (χ0n) is 13.8. The number of hydrogen-bond acceptors (Lipinski definition) is 2. The van der Waals surface area contributed by atoms with Crippen molar-refractivity contribution < 1.29 is 27.2 Å². The summed E-state index contributed by atoms with van der Waals surface area (Å²) in [6, 6.07) is 0. The third-order valence-corrected chi connectivity index (χ3v) is 6.60. The molecule has 1 aromatic carbocycles. The lowest BCUT2D eigenvalue weighted by Gasteiger charge is -2.60. The maximum absolute atomic E-state index is 13.9. The summed E-state index contributed by atoms with van der Waals surface area (Å²) in [5.41, 5.74) is -1.89. The van der Waals surface area contributed by atoms with Gasteiger partial charge in [-0.1, -0.05) is 13.8 Å². The Balaban J connectivity index is 1.67. The van der Waals surface area contributed by atoms with E-state index in [0.29, 0.717) is 11.8 Å². The summed E-state index contributed by atoms with van der Waals surface area (Å²) < 4.78 is 54.8. The monoisotopic (exact) mass is 355 g/mol. The van der Waals surface area contributed by atoms with Crippen LogP contribution in [-0.2, 0) is 0 Å². The first-order valence-electron chi connectivity index (χ1n) is 8.38. The molecule has 4 aliphatic rings. The lowest BCUT2D eigenvalue weighted by Crippen LogP contribution is -2.55. The van der Waals surface area contributed by atoms with E-state index >= 15 is 0 Å². The van der Waals surface area contributed by atoms with Gasteiger partial charge >= 0.3 is 0 Å². The number of fused-ring (bicyclic) bond motifs is 3. The lowest BCUT2D eigenvalue weighted by molar-refractivity contribution is -0.107. The largest absolute Gasteiger partial charge is 0.274 e. The van der Waals surface area contributed by atoms with Crippen LogP contribution in [0.25, 0.3) is 0 Å². The molecule has 2 amide bonds. The second-order valence-electron chi connectivity index (χ2n) is 7.92. The van der Waals surface area contributed by atoms with Crippen LogP contribution in [0.15, 0.2) is 0 Å². The van der Waals surface area contributed by atoms with Crippen molar-refractivity contribution >= 4 is 11.8 Å². The Morgan fingerprint density at radius 2 is 1.44 bits per heavy atom. The Morgan fingerprint density at radius 3 is 1.88 bits per heavy atom. The molecule has 3 fully saturated rings. The highest BCUT2D eigenvalue weighted by molar-refractivity contribution is 6.21. The van der Waals surface area contributed by atoms with Crippen LogP contribution < -0.4 is 0 Å². The number of benzene rings is 1. The standard InChI is InChI=1S/C18H17F4NO2/c1-18(2)8-4-3-7(9(18)5-8)6-23-16(24)10-11(17(23)25)13(20)15(22)14(21)12(10)19/h7-9H,3-6H2,1-2H3/t7-,8-,9-/m0/s1. The van der Waals surface area contributed by atoms with E-state index in [4.69, 9.17) is 0 Å². The molecule has 0 saturated heterocycles. The number of nitrogens with zero attached hydrogens (tertiary/aromatic N) is 1. The van der Waals surface area contributed by atoms with Gasteiger partial charge in [-0.05, 0) is 42.4 Å². The van der Waals surface area contributed by atoms with Gasteiger partial charge in [0.25, 0.3) is 11.8 Å². The van der Waals surface area contributed by atoms with Gasteiger partial charge in [-0.25, -0.2) is 17.6 Å². The summed E-state index contributed by atoms with van der Waals surface area (Å²) in [4.78, 5) is 25.6. The van der Waals surface area contributed by atoms with E-state index < -0.39 is 46.2 Å². The topological polar surface area (TPSA) is 37.4 Å². The Labute approximate surface area is 142 Å². The minimum Gasteiger partial charge on any atom is -0.274 e. The number of amides is 2. The number of imide groups is 1. The number of carbonyl (C=O) groups is 2. The Bertz CT molecular complexity index is 771. The summed E-state index contributed by atoms with van der Waals surface area (Å²) in [5, 5.41) is 0. The molecular weight excluding hydrogens is 338 g/mol. The Kier molecular flexibility index (Phi) is 3.34. The number of carbonyl (C=O) groups excluding carboxylic acids is 2. The summed E-state index contributed by atoms with van der Waals surface area (Å²) in [6.45, 7) is 4.31. The smallest absolute Gasteiger partial charge is 0.264 e. The summed E-state index contributed by atoms with van der Waals surface area (Å²) in [7, 11) is 0. The van der Waals surface area contributed by atoms with Crippen LogP contribution in [-0.4, -0.2) is 23.3 Å². The maximum atomic E-state index is 13.9. The molecule has 1 heterocycles. The molecule has 0 radical (unpaired) electrons. The van der Waals surface area contributed by atoms with E-state index in [1.54, 1.807) is 0 Å². The first-order valence-corrected chi connectivity index (χ1v) is 8.38. The van der Waals surface area contributed by atoms with E-state index in [-0.39, 0.29) is 17.9 Å². The molecule has 3 aliphatic carbocycles. The van der Waals surface area contributed by atoms with Gasteiger partial charge in [0.1, 0.15) is 0 Å². The molecule has 1 aromatic rings. The Hall–Kier alpha value is -1.92. The molecule has 0 unspecified atom stereocenters. The highest BCUT2D eigenvalue weighted by Crippen LogP contribution is 2.61. The second-order valence-corrected chi connectivity index (χ2v) is 7.92. The van der Waals surface area contributed by atoms with Crippen LogP contribution in [0.3, 0.4) is 0 Å². The van der Waals surface area contributed by atoms with Crippen molar-refractivity contribution in [2.24, 2.45) is 23.2 Å². The van der Waals surface area contributed by atoms with Gasteiger partial charge in [0.2, 0.25) is 0 Å². The molecule has 2 bridgehead atoms. The molecule has 3 nitrogen and oxygen atoms in total. The van der Waals surface area contributed by atoms with Crippen molar-refractivity contribution in [2.45, 2.75) is 33.1 Å². The SMILES string of the molecule is CC1(C)[C@H]2CC[C@@H](CN3C(=O)c4c(F)c(F)c(F)c(F)c4C3=O)[C@@H]1C2. The molecule has 3 saturated carbocycles. The van der Waals surface area contributed by atoms with E-state index in [2.05, 4.69) is 13.8 Å².